The Labute approximate surface area is 129 Å². The highest BCUT2D eigenvalue weighted by Gasteiger charge is 2.18. The molecule has 1 aromatic heterocycles. The van der Waals surface area contributed by atoms with Gasteiger partial charge in [-0.3, -0.25) is 0 Å². The summed E-state index contributed by atoms with van der Waals surface area (Å²) in [4.78, 5) is 7.92. The van der Waals surface area contributed by atoms with E-state index in [0.29, 0.717) is 10.6 Å². The fraction of sp³-hybridized carbons (Fsp3) is 0.375. The molecule has 104 valence electrons. The molecule has 0 atom stereocenters. The van der Waals surface area contributed by atoms with Gasteiger partial charge in [-0.25, -0.2) is 4.98 Å². The zero-order chi connectivity index (χ0) is 13.9. The van der Waals surface area contributed by atoms with Crippen LogP contribution in [-0.2, 0) is 6.42 Å². The highest BCUT2D eigenvalue weighted by Crippen LogP contribution is 2.33. The van der Waals surface area contributed by atoms with E-state index in [0.717, 1.165) is 22.8 Å². The van der Waals surface area contributed by atoms with E-state index in [9.17, 15) is 0 Å². The van der Waals surface area contributed by atoms with Crippen LogP contribution >= 0.6 is 23.8 Å². The lowest BCUT2D eigenvalue weighted by molar-refractivity contribution is 0.685. The van der Waals surface area contributed by atoms with E-state index in [4.69, 9.17) is 23.8 Å². The van der Waals surface area contributed by atoms with Crippen molar-refractivity contribution in [1.82, 2.24) is 9.97 Å². The second kappa shape index (κ2) is 6.06. The van der Waals surface area contributed by atoms with Gasteiger partial charge in [0.05, 0.1) is 0 Å². The number of nitrogens with one attached hydrogen (secondary N) is 1. The lowest BCUT2D eigenvalue weighted by atomic mass is 10.0. The Bertz CT molecular complexity index is 660. The SMILES string of the molecule is S=c1cc(C2CCCC2)[nH]c(Cc2cccc(Cl)c2)n1. The lowest BCUT2D eigenvalue weighted by Gasteiger charge is -2.11. The van der Waals surface area contributed by atoms with Crippen LogP contribution in [0.15, 0.2) is 30.3 Å². The number of nitrogens with zero attached hydrogens (tertiary/aromatic N) is 1. The van der Waals surface area contributed by atoms with E-state index in [1.165, 1.54) is 31.4 Å². The number of benzene rings is 1. The first kappa shape index (κ1) is 13.8. The molecular formula is C16H17ClN2S. The quantitative estimate of drug-likeness (QED) is 0.805. The third kappa shape index (κ3) is 3.28. The van der Waals surface area contributed by atoms with Crippen molar-refractivity contribution >= 4 is 23.8 Å². The fourth-order valence-electron chi connectivity index (χ4n) is 2.91. The zero-order valence-corrected chi connectivity index (χ0v) is 12.8. The zero-order valence-electron chi connectivity index (χ0n) is 11.2. The molecule has 1 aliphatic rings. The Morgan fingerprint density at radius 2 is 2.05 bits per heavy atom. The third-order valence-corrected chi connectivity index (χ3v) is 4.31. The molecule has 1 saturated carbocycles. The van der Waals surface area contributed by atoms with Gasteiger partial charge >= 0.3 is 0 Å². The van der Waals surface area contributed by atoms with E-state index in [1.807, 2.05) is 24.3 Å². The van der Waals surface area contributed by atoms with E-state index in [2.05, 4.69) is 16.0 Å². The lowest BCUT2D eigenvalue weighted by Crippen LogP contribution is -2.04. The minimum atomic E-state index is 0.623. The molecule has 1 N–H and O–H groups in total. The summed E-state index contributed by atoms with van der Waals surface area (Å²) in [7, 11) is 0. The summed E-state index contributed by atoms with van der Waals surface area (Å²) in [5.74, 6) is 1.56. The maximum absolute atomic E-state index is 6.03. The normalized spacial score (nSPS) is 15.7. The molecule has 1 heterocycles. The predicted octanol–water partition coefficient (Wildman–Crippen LogP) is 5.04. The number of hydrogen-bond donors (Lipinski definition) is 1. The van der Waals surface area contributed by atoms with Gasteiger partial charge in [0.25, 0.3) is 0 Å². The van der Waals surface area contributed by atoms with Crippen LogP contribution in [-0.4, -0.2) is 9.97 Å². The van der Waals surface area contributed by atoms with Crippen LogP contribution in [0.25, 0.3) is 0 Å². The summed E-state index contributed by atoms with van der Waals surface area (Å²) in [6.45, 7) is 0. The van der Waals surface area contributed by atoms with Crippen molar-refractivity contribution in [3.63, 3.8) is 0 Å². The molecular weight excluding hydrogens is 288 g/mol. The maximum atomic E-state index is 6.03. The van der Waals surface area contributed by atoms with Gasteiger partial charge < -0.3 is 4.98 Å². The van der Waals surface area contributed by atoms with Gasteiger partial charge in [-0.05, 0) is 42.5 Å². The number of hydrogen-bond acceptors (Lipinski definition) is 2. The second-order valence-electron chi connectivity index (χ2n) is 5.41. The van der Waals surface area contributed by atoms with Crippen molar-refractivity contribution in [3.8, 4) is 0 Å². The van der Waals surface area contributed by atoms with E-state index in [-0.39, 0.29) is 0 Å². The summed E-state index contributed by atoms with van der Waals surface area (Å²) in [6.07, 6.45) is 5.89. The number of aromatic amines is 1. The molecule has 1 fully saturated rings. The minimum Gasteiger partial charge on any atom is -0.347 e. The average Bonchev–Trinajstić information content (AvgIpc) is 2.91. The van der Waals surface area contributed by atoms with Gasteiger partial charge in [0.15, 0.2) is 0 Å². The van der Waals surface area contributed by atoms with Crippen LogP contribution in [0.3, 0.4) is 0 Å². The molecule has 0 unspecified atom stereocenters. The predicted molar refractivity (Wildman–Crippen MR) is 84.9 cm³/mol. The molecule has 0 bridgehead atoms. The molecule has 2 nitrogen and oxygen atoms in total. The molecule has 20 heavy (non-hydrogen) atoms. The molecule has 3 rings (SSSR count). The molecule has 0 amide bonds. The molecule has 0 saturated heterocycles. The molecule has 1 aliphatic carbocycles. The van der Waals surface area contributed by atoms with Crippen molar-refractivity contribution in [1.29, 1.82) is 0 Å². The van der Waals surface area contributed by atoms with Crippen molar-refractivity contribution < 1.29 is 0 Å². The summed E-state index contributed by atoms with van der Waals surface area (Å²) >= 11 is 11.3. The first-order chi connectivity index (χ1) is 9.70. The summed E-state index contributed by atoms with van der Waals surface area (Å²) in [6, 6.07) is 9.91. The van der Waals surface area contributed by atoms with Gasteiger partial charge in [0.2, 0.25) is 0 Å². The number of aromatic nitrogens is 2. The van der Waals surface area contributed by atoms with Crippen LogP contribution < -0.4 is 0 Å². The summed E-state index contributed by atoms with van der Waals surface area (Å²) in [5, 5.41) is 0.757. The molecule has 0 aliphatic heterocycles. The van der Waals surface area contributed by atoms with Crippen molar-refractivity contribution in [2.45, 2.75) is 38.0 Å². The van der Waals surface area contributed by atoms with Crippen molar-refractivity contribution in [2.75, 3.05) is 0 Å². The topological polar surface area (TPSA) is 28.7 Å². The third-order valence-electron chi connectivity index (χ3n) is 3.87. The smallest absolute Gasteiger partial charge is 0.130 e. The highest BCUT2D eigenvalue weighted by molar-refractivity contribution is 7.71. The van der Waals surface area contributed by atoms with Gasteiger partial charge in [-0.2, -0.15) is 0 Å². The first-order valence-corrected chi connectivity index (χ1v) is 7.84. The minimum absolute atomic E-state index is 0.623. The second-order valence-corrected chi connectivity index (χ2v) is 6.26. The maximum Gasteiger partial charge on any atom is 0.130 e. The molecule has 1 aromatic carbocycles. The van der Waals surface area contributed by atoms with Crippen LogP contribution in [0.2, 0.25) is 5.02 Å². The molecule has 0 radical (unpaired) electrons. The number of halogens is 1. The number of H-pyrrole nitrogens is 1. The monoisotopic (exact) mass is 304 g/mol. The van der Waals surface area contributed by atoms with Crippen LogP contribution in [0.4, 0.5) is 0 Å². The van der Waals surface area contributed by atoms with Gasteiger partial charge in [-0.1, -0.05) is 48.8 Å². The number of rotatable bonds is 3. The molecule has 0 spiro atoms. The largest absolute Gasteiger partial charge is 0.347 e. The van der Waals surface area contributed by atoms with Crippen molar-refractivity contribution in [2.24, 2.45) is 0 Å². The Hall–Kier alpha value is -1.19. The molecule has 4 heteroatoms. The van der Waals surface area contributed by atoms with Crippen LogP contribution in [0.5, 0.6) is 0 Å². The van der Waals surface area contributed by atoms with Crippen LogP contribution in [0, 0.1) is 4.64 Å². The van der Waals surface area contributed by atoms with E-state index in [1.54, 1.807) is 0 Å². The highest BCUT2D eigenvalue weighted by atomic mass is 35.5. The van der Waals surface area contributed by atoms with Gasteiger partial charge in [0, 0.05) is 17.1 Å². The fourth-order valence-corrected chi connectivity index (χ4v) is 3.36. The Morgan fingerprint density at radius 1 is 1.25 bits per heavy atom. The standard InChI is InChI=1S/C16H17ClN2S/c17-13-7-3-4-11(8-13)9-15-18-14(10-16(20)19-15)12-5-1-2-6-12/h3-4,7-8,10,12H,1-2,5-6,9H2,(H,18,19,20). The summed E-state index contributed by atoms with van der Waals surface area (Å²) < 4.78 is 0.683. The van der Waals surface area contributed by atoms with Gasteiger partial charge in [0.1, 0.15) is 10.5 Å². The van der Waals surface area contributed by atoms with Gasteiger partial charge in [-0.15, -0.1) is 0 Å². The molecule has 2 aromatic rings. The van der Waals surface area contributed by atoms with E-state index >= 15 is 0 Å². The Kier molecular flexibility index (Phi) is 4.18. The Morgan fingerprint density at radius 3 is 2.80 bits per heavy atom. The van der Waals surface area contributed by atoms with Crippen LogP contribution in [0.1, 0.15) is 48.7 Å². The van der Waals surface area contributed by atoms with E-state index < -0.39 is 0 Å². The average molecular weight is 305 g/mol. The summed E-state index contributed by atoms with van der Waals surface area (Å²) in [5.41, 5.74) is 2.40. The van der Waals surface area contributed by atoms with Crippen molar-refractivity contribution in [3.05, 3.63) is 57.1 Å². The first-order valence-electron chi connectivity index (χ1n) is 7.05. The Balaban J connectivity index is 1.87.